The van der Waals surface area contributed by atoms with Gasteiger partial charge >= 0.3 is 0 Å². The maximum absolute atomic E-state index is 5.52. The Morgan fingerprint density at radius 1 is 1.40 bits per heavy atom. The van der Waals surface area contributed by atoms with Gasteiger partial charge in [-0.05, 0) is 0 Å². The monoisotopic (exact) mass is 226 g/mol. The molecule has 1 aromatic rings. The van der Waals surface area contributed by atoms with E-state index in [1.165, 1.54) is 6.33 Å². The Morgan fingerprint density at radius 3 is 2.47 bits per heavy atom. The fourth-order valence-corrected chi connectivity index (χ4v) is 2.02. The number of hydrazine groups is 1. The minimum atomic E-state index is 0.107. The molecule has 0 aromatic carbocycles. The molecular weight excluding hydrogens is 208 g/mol. The Kier molecular flexibility index (Phi) is 4.50. The Balaban J connectivity index is 2.58. The Hall–Kier alpha value is -0.650. The second kappa shape index (κ2) is 5.44. The molecule has 0 saturated carbocycles. The summed E-state index contributed by atoms with van der Waals surface area (Å²) in [7, 11) is 0. The molecule has 84 valence electrons. The lowest BCUT2D eigenvalue weighted by molar-refractivity contribution is 0.603. The highest BCUT2D eigenvalue weighted by atomic mass is 32.2. The van der Waals surface area contributed by atoms with E-state index in [4.69, 9.17) is 5.84 Å². The first-order valence-corrected chi connectivity index (χ1v) is 5.86. The van der Waals surface area contributed by atoms with Crippen molar-refractivity contribution in [2.45, 2.75) is 31.6 Å². The number of aromatic nitrogens is 2. The number of hydrogen-bond donors (Lipinski definition) is 2. The molecule has 1 rings (SSSR count). The third-order valence-electron chi connectivity index (χ3n) is 1.87. The van der Waals surface area contributed by atoms with Gasteiger partial charge in [0.1, 0.15) is 6.33 Å². The summed E-state index contributed by atoms with van der Waals surface area (Å²) < 4.78 is 0.241. The highest BCUT2D eigenvalue weighted by Gasteiger charge is 2.16. The molecule has 4 nitrogen and oxygen atoms in total. The summed E-state index contributed by atoms with van der Waals surface area (Å²) >= 11 is 1.86. The lowest BCUT2D eigenvalue weighted by Crippen LogP contribution is -2.31. The first kappa shape index (κ1) is 12.4. The van der Waals surface area contributed by atoms with E-state index in [-0.39, 0.29) is 10.8 Å². The van der Waals surface area contributed by atoms with E-state index < -0.39 is 0 Å². The topological polar surface area (TPSA) is 63.8 Å². The average molecular weight is 226 g/mol. The van der Waals surface area contributed by atoms with E-state index in [0.29, 0.717) is 0 Å². The summed E-state index contributed by atoms with van der Waals surface area (Å²) in [6.45, 7) is 6.56. The highest BCUT2D eigenvalue weighted by molar-refractivity contribution is 8.00. The molecule has 0 spiro atoms. The van der Waals surface area contributed by atoms with Crippen LogP contribution < -0.4 is 11.3 Å². The van der Waals surface area contributed by atoms with E-state index in [0.717, 1.165) is 11.3 Å². The zero-order valence-electron chi connectivity index (χ0n) is 9.40. The van der Waals surface area contributed by atoms with E-state index >= 15 is 0 Å². The molecule has 0 radical (unpaired) electrons. The third-order valence-corrected chi connectivity index (χ3v) is 3.23. The molecule has 0 aliphatic heterocycles. The SMILES string of the molecule is CC(C)(C)SCC(NN)c1cncnc1. The van der Waals surface area contributed by atoms with Crippen LogP contribution in [0.5, 0.6) is 0 Å². The molecule has 5 heteroatoms. The zero-order chi connectivity index (χ0) is 11.3. The van der Waals surface area contributed by atoms with Crippen LogP contribution in [0.1, 0.15) is 32.4 Å². The minimum absolute atomic E-state index is 0.107. The second-order valence-electron chi connectivity index (χ2n) is 4.31. The predicted molar refractivity (Wildman–Crippen MR) is 64.3 cm³/mol. The van der Waals surface area contributed by atoms with Crippen molar-refractivity contribution in [1.29, 1.82) is 0 Å². The number of hydrogen-bond acceptors (Lipinski definition) is 5. The molecule has 1 unspecified atom stereocenters. The van der Waals surface area contributed by atoms with Gasteiger partial charge in [0.25, 0.3) is 0 Å². The second-order valence-corrected chi connectivity index (χ2v) is 6.16. The highest BCUT2D eigenvalue weighted by Crippen LogP contribution is 2.27. The molecule has 0 aliphatic carbocycles. The quantitative estimate of drug-likeness (QED) is 0.602. The number of rotatable bonds is 4. The van der Waals surface area contributed by atoms with Crippen molar-refractivity contribution in [2.75, 3.05) is 5.75 Å². The lowest BCUT2D eigenvalue weighted by atomic mass is 10.2. The summed E-state index contributed by atoms with van der Waals surface area (Å²) in [6, 6.07) is 0.107. The zero-order valence-corrected chi connectivity index (χ0v) is 10.2. The van der Waals surface area contributed by atoms with Crippen molar-refractivity contribution in [2.24, 2.45) is 5.84 Å². The van der Waals surface area contributed by atoms with Gasteiger partial charge in [-0.3, -0.25) is 11.3 Å². The van der Waals surface area contributed by atoms with Crippen molar-refractivity contribution in [3.63, 3.8) is 0 Å². The first-order chi connectivity index (χ1) is 7.03. The van der Waals surface area contributed by atoms with Gasteiger partial charge in [0, 0.05) is 28.5 Å². The van der Waals surface area contributed by atoms with Crippen LogP contribution in [0, 0.1) is 0 Å². The minimum Gasteiger partial charge on any atom is -0.271 e. The number of thioether (sulfide) groups is 1. The van der Waals surface area contributed by atoms with Crippen LogP contribution in [0.2, 0.25) is 0 Å². The maximum atomic E-state index is 5.52. The fraction of sp³-hybridized carbons (Fsp3) is 0.600. The molecule has 0 aliphatic rings. The van der Waals surface area contributed by atoms with Crippen LogP contribution in [0.3, 0.4) is 0 Å². The van der Waals surface area contributed by atoms with Crippen molar-refractivity contribution in [1.82, 2.24) is 15.4 Å². The van der Waals surface area contributed by atoms with Gasteiger partial charge in [-0.25, -0.2) is 9.97 Å². The lowest BCUT2D eigenvalue weighted by Gasteiger charge is -2.22. The van der Waals surface area contributed by atoms with Crippen molar-refractivity contribution in [3.8, 4) is 0 Å². The van der Waals surface area contributed by atoms with E-state index in [9.17, 15) is 0 Å². The summed E-state index contributed by atoms with van der Waals surface area (Å²) in [6.07, 6.45) is 5.11. The van der Waals surface area contributed by atoms with E-state index in [1.807, 2.05) is 11.8 Å². The van der Waals surface area contributed by atoms with Crippen molar-refractivity contribution in [3.05, 3.63) is 24.3 Å². The summed E-state index contributed by atoms with van der Waals surface area (Å²) in [5.41, 5.74) is 3.81. The normalized spacial score (nSPS) is 13.9. The van der Waals surface area contributed by atoms with Gasteiger partial charge in [-0.1, -0.05) is 20.8 Å². The van der Waals surface area contributed by atoms with Crippen LogP contribution in [0.25, 0.3) is 0 Å². The standard InChI is InChI=1S/C10H18N4S/c1-10(2,3)15-6-9(14-11)8-4-12-7-13-5-8/h4-5,7,9,14H,6,11H2,1-3H3. The van der Waals surface area contributed by atoms with E-state index in [1.54, 1.807) is 12.4 Å². The smallest absolute Gasteiger partial charge is 0.115 e. The predicted octanol–water partition coefficient (Wildman–Crippen LogP) is 1.51. The molecular formula is C10H18N4S. The summed E-state index contributed by atoms with van der Waals surface area (Å²) in [4.78, 5) is 7.96. The Bertz CT molecular complexity index is 283. The van der Waals surface area contributed by atoms with E-state index in [2.05, 4.69) is 36.2 Å². The molecule has 0 bridgehead atoms. The molecule has 15 heavy (non-hydrogen) atoms. The van der Waals surface area contributed by atoms with Gasteiger partial charge in [0.05, 0.1) is 6.04 Å². The van der Waals surface area contributed by atoms with Gasteiger partial charge in [-0.15, -0.1) is 0 Å². The average Bonchev–Trinajstić information content (AvgIpc) is 2.19. The maximum Gasteiger partial charge on any atom is 0.115 e. The number of nitrogens with zero attached hydrogens (tertiary/aromatic N) is 2. The number of nitrogens with one attached hydrogen (secondary N) is 1. The van der Waals surface area contributed by atoms with Crippen LogP contribution in [-0.4, -0.2) is 20.5 Å². The van der Waals surface area contributed by atoms with Crippen LogP contribution in [0.15, 0.2) is 18.7 Å². The Morgan fingerprint density at radius 2 is 2.00 bits per heavy atom. The molecule has 0 amide bonds. The van der Waals surface area contributed by atoms with Gasteiger partial charge in [-0.2, -0.15) is 11.8 Å². The molecule has 0 fully saturated rings. The van der Waals surface area contributed by atoms with Gasteiger partial charge in [0.15, 0.2) is 0 Å². The van der Waals surface area contributed by atoms with Crippen LogP contribution in [-0.2, 0) is 0 Å². The van der Waals surface area contributed by atoms with Crippen molar-refractivity contribution < 1.29 is 0 Å². The number of nitrogens with two attached hydrogens (primary N) is 1. The van der Waals surface area contributed by atoms with Crippen LogP contribution >= 0.6 is 11.8 Å². The van der Waals surface area contributed by atoms with Gasteiger partial charge in [0.2, 0.25) is 0 Å². The van der Waals surface area contributed by atoms with Crippen molar-refractivity contribution >= 4 is 11.8 Å². The van der Waals surface area contributed by atoms with Gasteiger partial charge < -0.3 is 0 Å². The molecule has 1 atom stereocenters. The summed E-state index contributed by atoms with van der Waals surface area (Å²) in [5.74, 6) is 6.43. The fourth-order valence-electron chi connectivity index (χ4n) is 1.06. The Labute approximate surface area is 95.0 Å². The molecule has 3 N–H and O–H groups in total. The third kappa shape index (κ3) is 4.59. The molecule has 1 aromatic heterocycles. The van der Waals surface area contributed by atoms with Crippen LogP contribution in [0.4, 0.5) is 0 Å². The molecule has 1 heterocycles. The summed E-state index contributed by atoms with van der Waals surface area (Å²) in [5, 5.41) is 0. The first-order valence-electron chi connectivity index (χ1n) is 4.88. The largest absolute Gasteiger partial charge is 0.271 e. The molecule has 0 saturated heterocycles.